The van der Waals surface area contributed by atoms with Crippen molar-refractivity contribution in [2.45, 2.75) is 45.1 Å². The molecule has 0 bridgehead atoms. The Hall–Kier alpha value is -0.870. The first-order valence-corrected chi connectivity index (χ1v) is 7.60. The number of carbonyl (C=O) groups excluding carboxylic acids is 1. The summed E-state index contributed by atoms with van der Waals surface area (Å²) in [6.45, 7) is 2.36. The highest BCUT2D eigenvalue weighted by Crippen LogP contribution is 2.24. The van der Waals surface area contributed by atoms with Gasteiger partial charge in [0, 0.05) is 12.6 Å². The van der Waals surface area contributed by atoms with E-state index in [9.17, 15) is 4.79 Å². The third-order valence-corrected chi connectivity index (χ3v) is 4.73. The summed E-state index contributed by atoms with van der Waals surface area (Å²) in [5.41, 5.74) is 1.14. The number of aliphatic hydroxyl groups excluding tert-OH is 1. The van der Waals surface area contributed by atoms with Crippen LogP contribution in [0.25, 0.3) is 0 Å². The normalized spacial score (nSPS) is 23.9. The van der Waals surface area contributed by atoms with Crippen molar-refractivity contribution in [2.75, 3.05) is 6.61 Å². The second kappa shape index (κ2) is 6.34. The van der Waals surface area contributed by atoms with Gasteiger partial charge >= 0.3 is 0 Å². The van der Waals surface area contributed by atoms with Gasteiger partial charge in [0.1, 0.15) is 0 Å². The van der Waals surface area contributed by atoms with Crippen LogP contribution in [0.2, 0.25) is 0 Å². The van der Waals surface area contributed by atoms with Crippen molar-refractivity contribution in [1.29, 1.82) is 0 Å². The highest BCUT2D eigenvalue weighted by atomic mass is 32.1. The lowest BCUT2D eigenvalue weighted by atomic mass is 9.86. The number of hydrogen-bond donors (Lipinski definition) is 2. The number of thiophene rings is 1. The minimum atomic E-state index is 0.0781. The van der Waals surface area contributed by atoms with E-state index >= 15 is 0 Å². The van der Waals surface area contributed by atoms with E-state index in [-0.39, 0.29) is 18.6 Å². The molecule has 1 fully saturated rings. The Morgan fingerprint density at radius 1 is 1.44 bits per heavy atom. The molecule has 0 radical (unpaired) electrons. The molecule has 0 aromatic carbocycles. The predicted molar refractivity (Wildman–Crippen MR) is 74.0 cm³/mol. The van der Waals surface area contributed by atoms with Crippen molar-refractivity contribution in [1.82, 2.24) is 5.32 Å². The van der Waals surface area contributed by atoms with Crippen molar-refractivity contribution in [3.05, 3.63) is 21.9 Å². The Balaban J connectivity index is 1.89. The van der Waals surface area contributed by atoms with Crippen LogP contribution in [0.15, 0.2) is 11.4 Å². The minimum Gasteiger partial charge on any atom is -0.396 e. The van der Waals surface area contributed by atoms with E-state index in [1.54, 1.807) is 0 Å². The smallest absolute Gasteiger partial charge is 0.261 e. The maximum atomic E-state index is 12.2. The molecule has 0 atom stereocenters. The standard InChI is InChI=1S/C14H21NO2S/c1-2-11-7-8-18-13(11)14(17)15-12-5-3-10(9-16)4-6-12/h7-8,10,12,16H,2-6,9H2,1H3,(H,15,17). The molecule has 3 nitrogen and oxygen atoms in total. The average molecular weight is 267 g/mol. The van der Waals surface area contributed by atoms with Crippen LogP contribution in [0.4, 0.5) is 0 Å². The first-order chi connectivity index (χ1) is 8.74. The number of aliphatic hydroxyl groups is 1. The fourth-order valence-corrected chi connectivity index (χ4v) is 3.45. The number of nitrogens with one attached hydrogen (secondary N) is 1. The first-order valence-electron chi connectivity index (χ1n) is 6.72. The van der Waals surface area contributed by atoms with E-state index in [2.05, 4.69) is 12.2 Å². The van der Waals surface area contributed by atoms with Crippen LogP contribution in [-0.2, 0) is 6.42 Å². The van der Waals surface area contributed by atoms with E-state index in [0.717, 1.165) is 42.5 Å². The van der Waals surface area contributed by atoms with Gasteiger partial charge in [-0.15, -0.1) is 11.3 Å². The molecule has 0 unspecified atom stereocenters. The molecule has 18 heavy (non-hydrogen) atoms. The van der Waals surface area contributed by atoms with E-state index in [1.807, 2.05) is 11.4 Å². The SMILES string of the molecule is CCc1ccsc1C(=O)NC1CCC(CO)CC1. The van der Waals surface area contributed by atoms with Gasteiger partial charge in [-0.3, -0.25) is 4.79 Å². The van der Waals surface area contributed by atoms with Gasteiger partial charge < -0.3 is 10.4 Å². The lowest BCUT2D eigenvalue weighted by Gasteiger charge is -2.27. The molecule has 0 saturated heterocycles. The van der Waals surface area contributed by atoms with Gasteiger partial charge in [-0.1, -0.05) is 6.92 Å². The average Bonchev–Trinajstić information content (AvgIpc) is 2.88. The molecule has 2 rings (SSSR count). The molecule has 1 aliphatic rings. The van der Waals surface area contributed by atoms with Crippen molar-refractivity contribution >= 4 is 17.2 Å². The molecule has 0 spiro atoms. The third-order valence-electron chi connectivity index (χ3n) is 3.77. The molecule has 0 aliphatic heterocycles. The zero-order valence-electron chi connectivity index (χ0n) is 10.8. The Labute approximate surface area is 112 Å². The Kier molecular flexibility index (Phi) is 4.78. The summed E-state index contributed by atoms with van der Waals surface area (Å²) >= 11 is 1.52. The van der Waals surface area contributed by atoms with Gasteiger partial charge in [0.15, 0.2) is 0 Å². The number of rotatable bonds is 4. The third kappa shape index (κ3) is 3.12. The van der Waals surface area contributed by atoms with Gasteiger partial charge in [0.05, 0.1) is 4.88 Å². The second-order valence-electron chi connectivity index (χ2n) is 5.00. The Morgan fingerprint density at radius 2 is 2.17 bits per heavy atom. The van der Waals surface area contributed by atoms with Crippen LogP contribution in [0.5, 0.6) is 0 Å². The molecule has 2 N–H and O–H groups in total. The monoisotopic (exact) mass is 267 g/mol. The summed E-state index contributed by atoms with van der Waals surface area (Å²) in [7, 11) is 0. The van der Waals surface area contributed by atoms with E-state index < -0.39 is 0 Å². The van der Waals surface area contributed by atoms with Gasteiger partial charge in [-0.2, -0.15) is 0 Å². The highest BCUT2D eigenvalue weighted by molar-refractivity contribution is 7.12. The van der Waals surface area contributed by atoms with Crippen LogP contribution in [0.1, 0.15) is 47.8 Å². The van der Waals surface area contributed by atoms with Gasteiger partial charge in [0.25, 0.3) is 5.91 Å². The maximum Gasteiger partial charge on any atom is 0.261 e. The van der Waals surface area contributed by atoms with Gasteiger partial charge in [0.2, 0.25) is 0 Å². The van der Waals surface area contributed by atoms with Crippen LogP contribution in [0, 0.1) is 5.92 Å². The van der Waals surface area contributed by atoms with Crippen molar-refractivity contribution < 1.29 is 9.90 Å². The van der Waals surface area contributed by atoms with Crippen LogP contribution in [-0.4, -0.2) is 23.7 Å². The minimum absolute atomic E-state index is 0.0781. The lowest BCUT2D eigenvalue weighted by Crippen LogP contribution is -2.38. The molecule has 100 valence electrons. The summed E-state index contributed by atoms with van der Waals surface area (Å²) < 4.78 is 0. The summed E-state index contributed by atoms with van der Waals surface area (Å²) in [6.07, 6.45) is 4.93. The summed E-state index contributed by atoms with van der Waals surface area (Å²) in [4.78, 5) is 13.0. The van der Waals surface area contributed by atoms with E-state index in [1.165, 1.54) is 11.3 Å². The fourth-order valence-electron chi connectivity index (χ4n) is 2.55. The highest BCUT2D eigenvalue weighted by Gasteiger charge is 2.23. The number of amides is 1. The molecular formula is C14H21NO2S. The quantitative estimate of drug-likeness (QED) is 0.881. The summed E-state index contributed by atoms with van der Waals surface area (Å²) in [5.74, 6) is 0.514. The van der Waals surface area contributed by atoms with Gasteiger partial charge in [-0.25, -0.2) is 0 Å². The predicted octanol–water partition coefficient (Wildman–Crippen LogP) is 2.59. The molecule has 1 aliphatic carbocycles. The second-order valence-corrected chi connectivity index (χ2v) is 5.92. The largest absolute Gasteiger partial charge is 0.396 e. The Bertz CT molecular complexity index is 394. The lowest BCUT2D eigenvalue weighted by molar-refractivity contribution is 0.0917. The van der Waals surface area contributed by atoms with Gasteiger partial charge in [-0.05, 0) is 55.0 Å². The number of carbonyl (C=O) groups is 1. The maximum absolute atomic E-state index is 12.2. The molecule has 1 aromatic rings. The van der Waals surface area contributed by atoms with E-state index in [0.29, 0.717) is 5.92 Å². The first kappa shape index (κ1) is 13.6. The van der Waals surface area contributed by atoms with Crippen molar-refractivity contribution in [3.63, 3.8) is 0 Å². The number of aryl methyl sites for hydroxylation is 1. The summed E-state index contributed by atoms with van der Waals surface area (Å²) in [6, 6.07) is 2.31. The Morgan fingerprint density at radius 3 is 2.78 bits per heavy atom. The van der Waals surface area contributed by atoms with Crippen LogP contribution < -0.4 is 5.32 Å². The van der Waals surface area contributed by atoms with Crippen LogP contribution >= 0.6 is 11.3 Å². The topological polar surface area (TPSA) is 49.3 Å². The summed E-state index contributed by atoms with van der Waals surface area (Å²) in [5, 5.41) is 14.2. The molecule has 1 amide bonds. The molecule has 1 heterocycles. The molecule has 1 saturated carbocycles. The zero-order chi connectivity index (χ0) is 13.0. The van der Waals surface area contributed by atoms with Crippen LogP contribution in [0.3, 0.4) is 0 Å². The molecular weight excluding hydrogens is 246 g/mol. The number of hydrogen-bond acceptors (Lipinski definition) is 3. The molecule has 1 aromatic heterocycles. The van der Waals surface area contributed by atoms with Crippen molar-refractivity contribution in [2.24, 2.45) is 5.92 Å². The van der Waals surface area contributed by atoms with Crippen molar-refractivity contribution in [3.8, 4) is 0 Å². The fraction of sp³-hybridized carbons (Fsp3) is 0.643. The zero-order valence-corrected chi connectivity index (χ0v) is 11.6. The molecule has 4 heteroatoms. The van der Waals surface area contributed by atoms with E-state index in [4.69, 9.17) is 5.11 Å².